The molecule has 3 heterocycles. The Hall–Kier alpha value is -3.62. The van der Waals surface area contributed by atoms with Crippen molar-refractivity contribution in [1.82, 2.24) is 20.1 Å². The molecule has 0 radical (unpaired) electrons. The summed E-state index contributed by atoms with van der Waals surface area (Å²) in [5.74, 6) is 0.0273. The van der Waals surface area contributed by atoms with E-state index < -0.39 is 0 Å². The fourth-order valence-corrected chi connectivity index (χ4v) is 5.11. The Morgan fingerprint density at radius 1 is 1.17 bits per heavy atom. The standard InChI is InChI=1S/C27H26N4O3S/c1-28-27(33)22-6-2-3-7-25(22)35-20-12-13-21-23(14-10-18-9-11-19(32)17-29-18)30-31(24(21)16-20)26-8-4-5-15-34-26/h2-3,6-7,9-14,16-17,26,32H,4-5,8,15H2,1H3,(H,28,33)/b14-10+. The molecule has 0 bridgehead atoms. The predicted molar refractivity (Wildman–Crippen MR) is 137 cm³/mol. The highest BCUT2D eigenvalue weighted by molar-refractivity contribution is 7.99. The Morgan fingerprint density at radius 2 is 2.06 bits per heavy atom. The molecule has 1 saturated heterocycles. The predicted octanol–water partition coefficient (Wildman–Crippen LogP) is 5.52. The lowest BCUT2D eigenvalue weighted by Crippen LogP contribution is -2.19. The summed E-state index contributed by atoms with van der Waals surface area (Å²) in [6, 6.07) is 17.2. The Balaban J connectivity index is 1.53. The number of hydrogen-bond donors (Lipinski definition) is 2. The maximum atomic E-state index is 12.3. The molecule has 0 saturated carbocycles. The van der Waals surface area contributed by atoms with Gasteiger partial charge >= 0.3 is 0 Å². The number of rotatable bonds is 6. The first kappa shape index (κ1) is 23.1. The fraction of sp³-hybridized carbons (Fsp3) is 0.222. The van der Waals surface area contributed by atoms with E-state index in [9.17, 15) is 9.90 Å². The topological polar surface area (TPSA) is 89.3 Å². The maximum Gasteiger partial charge on any atom is 0.252 e. The minimum atomic E-state index is -0.112. The lowest BCUT2D eigenvalue weighted by atomic mass is 10.1. The fourth-order valence-electron chi connectivity index (χ4n) is 4.13. The molecule has 8 heteroatoms. The Labute approximate surface area is 207 Å². The largest absolute Gasteiger partial charge is 0.506 e. The second-order valence-corrected chi connectivity index (χ2v) is 9.40. The number of carbonyl (C=O) groups excluding carboxylic acids is 1. The molecule has 1 atom stereocenters. The van der Waals surface area contributed by atoms with Crippen molar-refractivity contribution in [3.8, 4) is 5.75 Å². The van der Waals surface area contributed by atoms with E-state index in [1.54, 1.807) is 30.9 Å². The van der Waals surface area contributed by atoms with Gasteiger partial charge in [0.2, 0.25) is 0 Å². The first-order valence-electron chi connectivity index (χ1n) is 11.6. The van der Waals surface area contributed by atoms with Gasteiger partial charge < -0.3 is 15.2 Å². The van der Waals surface area contributed by atoms with Crippen molar-refractivity contribution in [3.05, 3.63) is 77.7 Å². The summed E-state index contributed by atoms with van der Waals surface area (Å²) in [4.78, 5) is 18.5. The molecule has 2 N–H and O–H groups in total. The van der Waals surface area contributed by atoms with E-state index in [0.717, 1.165) is 58.0 Å². The van der Waals surface area contributed by atoms with Crippen LogP contribution in [0.1, 0.15) is 47.2 Å². The third kappa shape index (κ3) is 5.08. The first-order chi connectivity index (χ1) is 17.1. The third-order valence-electron chi connectivity index (χ3n) is 5.91. The number of benzene rings is 2. The van der Waals surface area contributed by atoms with Crippen LogP contribution in [0.4, 0.5) is 0 Å². The summed E-state index contributed by atoms with van der Waals surface area (Å²) in [6.45, 7) is 0.725. The zero-order valence-corrected chi connectivity index (χ0v) is 20.2. The molecule has 178 valence electrons. The Kier molecular flexibility index (Phi) is 6.83. The molecule has 1 unspecified atom stereocenters. The number of ether oxygens (including phenoxy) is 1. The molecule has 1 aliphatic heterocycles. The SMILES string of the molecule is CNC(=O)c1ccccc1Sc1ccc2c(/C=C/c3ccc(O)cn3)nn(C3CCCCO3)c2c1. The Bertz CT molecular complexity index is 1380. The number of carbonyl (C=O) groups is 1. The number of aromatic nitrogens is 3. The summed E-state index contributed by atoms with van der Waals surface area (Å²) >= 11 is 1.55. The van der Waals surface area contributed by atoms with Crippen LogP contribution in [0, 0.1) is 0 Å². The second kappa shape index (κ2) is 10.3. The van der Waals surface area contributed by atoms with Gasteiger partial charge in [0.05, 0.1) is 28.7 Å². The molecule has 5 rings (SSSR count). The van der Waals surface area contributed by atoms with E-state index in [-0.39, 0.29) is 17.9 Å². The van der Waals surface area contributed by atoms with Gasteiger partial charge in [0.1, 0.15) is 5.75 Å². The summed E-state index contributed by atoms with van der Waals surface area (Å²) in [6.07, 6.45) is 8.21. The van der Waals surface area contributed by atoms with Crippen LogP contribution in [-0.2, 0) is 4.74 Å². The molecule has 4 aromatic rings. The number of amides is 1. The highest BCUT2D eigenvalue weighted by Crippen LogP contribution is 2.35. The molecule has 1 aliphatic rings. The average molecular weight is 487 g/mol. The normalized spacial score (nSPS) is 16.1. The molecule has 2 aromatic carbocycles. The van der Waals surface area contributed by atoms with E-state index >= 15 is 0 Å². The van der Waals surface area contributed by atoms with E-state index in [2.05, 4.69) is 28.5 Å². The summed E-state index contributed by atoms with van der Waals surface area (Å²) in [5.41, 5.74) is 3.19. The quantitative estimate of drug-likeness (QED) is 0.373. The van der Waals surface area contributed by atoms with Crippen molar-refractivity contribution in [2.75, 3.05) is 13.7 Å². The number of pyridine rings is 1. The molecule has 0 spiro atoms. The molecule has 0 aliphatic carbocycles. The van der Waals surface area contributed by atoms with Crippen molar-refractivity contribution in [3.63, 3.8) is 0 Å². The first-order valence-corrected chi connectivity index (χ1v) is 12.4. The van der Waals surface area contributed by atoms with Gasteiger partial charge in [-0.15, -0.1) is 0 Å². The van der Waals surface area contributed by atoms with Crippen molar-refractivity contribution in [2.24, 2.45) is 0 Å². The van der Waals surface area contributed by atoms with Gasteiger partial charge in [-0.2, -0.15) is 5.10 Å². The van der Waals surface area contributed by atoms with Gasteiger partial charge in [-0.05, 0) is 73.9 Å². The van der Waals surface area contributed by atoms with Gasteiger partial charge in [0.25, 0.3) is 5.91 Å². The van der Waals surface area contributed by atoms with Crippen LogP contribution in [0.2, 0.25) is 0 Å². The monoisotopic (exact) mass is 486 g/mol. The van der Waals surface area contributed by atoms with E-state index in [0.29, 0.717) is 5.56 Å². The van der Waals surface area contributed by atoms with E-state index in [4.69, 9.17) is 9.84 Å². The van der Waals surface area contributed by atoms with Gasteiger partial charge in [0, 0.05) is 28.8 Å². The van der Waals surface area contributed by atoms with Crippen molar-refractivity contribution in [2.45, 2.75) is 35.3 Å². The van der Waals surface area contributed by atoms with Crippen LogP contribution in [0.3, 0.4) is 0 Å². The molecular weight excluding hydrogens is 460 g/mol. The zero-order valence-electron chi connectivity index (χ0n) is 19.3. The van der Waals surface area contributed by atoms with Crippen molar-refractivity contribution in [1.29, 1.82) is 0 Å². The lowest BCUT2D eigenvalue weighted by molar-refractivity contribution is -0.0367. The molecule has 2 aromatic heterocycles. The van der Waals surface area contributed by atoms with Gasteiger partial charge in [-0.3, -0.25) is 9.78 Å². The minimum Gasteiger partial charge on any atom is -0.506 e. The number of fused-ring (bicyclic) bond motifs is 1. The molecule has 35 heavy (non-hydrogen) atoms. The van der Waals surface area contributed by atoms with Crippen LogP contribution in [0.15, 0.2) is 70.6 Å². The molecule has 1 amide bonds. The van der Waals surface area contributed by atoms with Crippen LogP contribution in [0.5, 0.6) is 5.75 Å². The van der Waals surface area contributed by atoms with Gasteiger partial charge in [0.15, 0.2) is 6.23 Å². The zero-order chi connectivity index (χ0) is 24.2. The number of hydrogen-bond acceptors (Lipinski definition) is 6. The van der Waals surface area contributed by atoms with Crippen LogP contribution >= 0.6 is 11.8 Å². The highest BCUT2D eigenvalue weighted by atomic mass is 32.2. The number of aromatic hydroxyl groups is 1. The average Bonchev–Trinajstić information content (AvgIpc) is 3.26. The molecule has 7 nitrogen and oxygen atoms in total. The minimum absolute atomic E-state index is 0.106. The number of nitrogens with zero attached hydrogens (tertiary/aromatic N) is 3. The third-order valence-corrected chi connectivity index (χ3v) is 6.97. The second-order valence-electron chi connectivity index (χ2n) is 8.28. The van der Waals surface area contributed by atoms with E-state index in [1.807, 2.05) is 41.1 Å². The van der Waals surface area contributed by atoms with E-state index in [1.165, 1.54) is 6.20 Å². The lowest BCUT2D eigenvalue weighted by Gasteiger charge is -2.23. The van der Waals surface area contributed by atoms with Gasteiger partial charge in [-0.25, -0.2) is 4.68 Å². The van der Waals surface area contributed by atoms with Gasteiger partial charge in [-0.1, -0.05) is 23.9 Å². The maximum absolute atomic E-state index is 12.3. The van der Waals surface area contributed by atoms with Crippen LogP contribution in [-0.4, -0.2) is 39.4 Å². The van der Waals surface area contributed by atoms with Crippen molar-refractivity contribution < 1.29 is 14.6 Å². The summed E-state index contributed by atoms with van der Waals surface area (Å²) in [5, 5.41) is 18.1. The van der Waals surface area contributed by atoms with Crippen LogP contribution < -0.4 is 5.32 Å². The highest BCUT2D eigenvalue weighted by Gasteiger charge is 2.21. The summed E-state index contributed by atoms with van der Waals surface area (Å²) < 4.78 is 8.04. The number of nitrogens with one attached hydrogen (secondary N) is 1. The molecular formula is C27H26N4O3S. The smallest absolute Gasteiger partial charge is 0.252 e. The summed E-state index contributed by atoms with van der Waals surface area (Å²) in [7, 11) is 1.64. The Morgan fingerprint density at radius 3 is 2.83 bits per heavy atom. The van der Waals surface area contributed by atoms with Crippen molar-refractivity contribution >= 4 is 40.7 Å². The van der Waals surface area contributed by atoms with Crippen LogP contribution in [0.25, 0.3) is 23.1 Å². The molecule has 1 fully saturated rings.